The first-order valence-electron chi connectivity index (χ1n) is 12.9. The van der Waals surface area contributed by atoms with Crippen molar-refractivity contribution >= 4 is 29.5 Å². The van der Waals surface area contributed by atoms with Gasteiger partial charge in [-0.2, -0.15) is 0 Å². The summed E-state index contributed by atoms with van der Waals surface area (Å²) in [4.78, 5) is 45.1. The molecule has 2 unspecified atom stereocenters. The number of aliphatic hydroxyl groups is 1. The summed E-state index contributed by atoms with van der Waals surface area (Å²) < 4.78 is 4.33. The molecule has 2 bridgehead atoms. The maximum Gasteiger partial charge on any atom is 0.311 e. The second-order valence-electron chi connectivity index (χ2n) is 12.4. The van der Waals surface area contributed by atoms with Crippen molar-refractivity contribution in [3.05, 3.63) is 12.7 Å². The van der Waals surface area contributed by atoms with E-state index in [0.29, 0.717) is 25.9 Å². The lowest BCUT2D eigenvalue weighted by molar-refractivity contribution is -0.155. The van der Waals surface area contributed by atoms with Crippen LogP contribution in [-0.4, -0.2) is 80.1 Å². The van der Waals surface area contributed by atoms with Crippen LogP contribution in [0, 0.1) is 17.3 Å². The van der Waals surface area contributed by atoms with E-state index in [2.05, 4.69) is 41.2 Å². The van der Waals surface area contributed by atoms with E-state index in [9.17, 15) is 19.5 Å². The van der Waals surface area contributed by atoms with Crippen LogP contribution in [0.25, 0.3) is 0 Å². The molecule has 35 heavy (non-hydrogen) atoms. The topological polar surface area (TPSA) is 87.2 Å². The molecule has 3 aliphatic heterocycles. The Bertz CT molecular complexity index is 868. The number of aliphatic hydroxyl groups excluding tert-OH is 1. The molecule has 0 aliphatic carbocycles. The molecule has 1 spiro atoms. The van der Waals surface area contributed by atoms with Crippen LogP contribution in [0.15, 0.2) is 12.7 Å². The third-order valence-electron chi connectivity index (χ3n) is 7.88. The van der Waals surface area contributed by atoms with E-state index in [0.717, 1.165) is 12.8 Å². The lowest BCUT2D eigenvalue weighted by Crippen LogP contribution is -2.60. The van der Waals surface area contributed by atoms with Gasteiger partial charge in [0.2, 0.25) is 11.8 Å². The number of rotatable bonds is 10. The highest BCUT2D eigenvalue weighted by Crippen LogP contribution is 2.71. The second kappa shape index (κ2) is 9.73. The number of likely N-dealkylation sites (tertiary alicyclic amines) is 1. The van der Waals surface area contributed by atoms with Gasteiger partial charge in [-0.1, -0.05) is 26.8 Å². The fourth-order valence-electron chi connectivity index (χ4n) is 7.08. The quantitative estimate of drug-likeness (QED) is 0.358. The summed E-state index contributed by atoms with van der Waals surface area (Å²) in [5, 5.41) is 9.55. The van der Waals surface area contributed by atoms with E-state index in [4.69, 9.17) is 4.74 Å². The molecule has 3 fully saturated rings. The Kier molecular flexibility index (Phi) is 7.79. The number of esters is 1. The molecule has 0 aromatic carbocycles. The van der Waals surface area contributed by atoms with Crippen molar-refractivity contribution in [2.45, 2.75) is 95.2 Å². The van der Waals surface area contributed by atoms with Gasteiger partial charge in [0.1, 0.15) is 6.04 Å². The molecule has 0 aromatic heterocycles. The zero-order chi connectivity index (χ0) is 26.4. The van der Waals surface area contributed by atoms with Crippen molar-refractivity contribution in [1.82, 2.24) is 9.80 Å². The third kappa shape index (κ3) is 4.77. The molecule has 3 heterocycles. The molecule has 7 nitrogen and oxygen atoms in total. The summed E-state index contributed by atoms with van der Waals surface area (Å²) in [6.45, 7) is 19.2. The van der Waals surface area contributed by atoms with Gasteiger partial charge >= 0.3 is 5.97 Å². The maximum atomic E-state index is 14.5. The minimum atomic E-state index is -0.683. The van der Waals surface area contributed by atoms with Gasteiger partial charge in [0.15, 0.2) is 0 Å². The van der Waals surface area contributed by atoms with E-state index >= 15 is 0 Å². The van der Waals surface area contributed by atoms with Gasteiger partial charge in [-0.15, -0.1) is 18.3 Å². The van der Waals surface area contributed by atoms with Crippen molar-refractivity contribution in [1.29, 1.82) is 0 Å². The lowest BCUT2D eigenvalue weighted by atomic mass is 9.66. The molecule has 3 aliphatic rings. The summed E-state index contributed by atoms with van der Waals surface area (Å²) in [6, 6.07) is -0.683. The van der Waals surface area contributed by atoms with Crippen molar-refractivity contribution in [2.75, 3.05) is 26.3 Å². The van der Waals surface area contributed by atoms with Crippen LogP contribution in [0.4, 0.5) is 0 Å². The van der Waals surface area contributed by atoms with Crippen molar-refractivity contribution in [3.63, 3.8) is 0 Å². The molecule has 3 saturated heterocycles. The predicted octanol–water partition coefficient (Wildman–Crippen LogP) is 3.64. The molecular formula is C27H44N2O5S. The normalized spacial score (nSPS) is 32.1. The first kappa shape index (κ1) is 28.0. The second-order valence-corrected chi connectivity index (χ2v) is 14.3. The highest BCUT2D eigenvalue weighted by Gasteiger charge is 2.77. The van der Waals surface area contributed by atoms with Gasteiger partial charge < -0.3 is 19.6 Å². The number of hydrogen-bond donors (Lipinski definition) is 1. The summed E-state index contributed by atoms with van der Waals surface area (Å²) >= 11 is 1.65. The monoisotopic (exact) mass is 508 g/mol. The number of nitrogens with zero attached hydrogens (tertiary/aromatic N) is 2. The van der Waals surface area contributed by atoms with E-state index in [-0.39, 0.29) is 36.4 Å². The molecule has 1 N–H and O–H groups in total. The van der Waals surface area contributed by atoms with E-state index in [1.54, 1.807) is 29.7 Å². The number of thioether (sulfide) groups is 1. The molecule has 198 valence electrons. The molecule has 2 amide bonds. The summed E-state index contributed by atoms with van der Waals surface area (Å²) in [7, 11) is 0. The first-order chi connectivity index (χ1) is 16.2. The van der Waals surface area contributed by atoms with Crippen LogP contribution >= 0.6 is 11.8 Å². The van der Waals surface area contributed by atoms with Crippen LogP contribution in [-0.2, 0) is 19.1 Å². The third-order valence-corrected chi connectivity index (χ3v) is 9.87. The summed E-state index contributed by atoms with van der Waals surface area (Å²) in [6.07, 6.45) is 4.37. The largest absolute Gasteiger partial charge is 0.466 e. The highest BCUT2D eigenvalue weighted by atomic mass is 32.2. The number of ether oxygens (including phenoxy) is 1. The lowest BCUT2D eigenvalue weighted by Gasteiger charge is -2.46. The smallest absolute Gasteiger partial charge is 0.311 e. The Balaban J connectivity index is 2.09. The molecular weight excluding hydrogens is 464 g/mol. The Morgan fingerprint density at radius 2 is 1.94 bits per heavy atom. The molecule has 3 rings (SSSR count). The number of carbonyl (C=O) groups excluding carboxylic acids is 3. The minimum absolute atomic E-state index is 0.00482. The maximum absolute atomic E-state index is 14.5. The van der Waals surface area contributed by atoms with Gasteiger partial charge in [-0.3, -0.25) is 14.4 Å². The van der Waals surface area contributed by atoms with Gasteiger partial charge in [-0.25, -0.2) is 0 Å². The fraction of sp³-hybridized carbons (Fsp3) is 0.815. The highest BCUT2D eigenvalue weighted by molar-refractivity contribution is 8.02. The minimum Gasteiger partial charge on any atom is -0.466 e. The van der Waals surface area contributed by atoms with Crippen LogP contribution in [0.1, 0.15) is 74.1 Å². The summed E-state index contributed by atoms with van der Waals surface area (Å²) in [5.41, 5.74) is -0.467. The van der Waals surface area contributed by atoms with Crippen molar-refractivity contribution in [3.8, 4) is 0 Å². The molecule has 5 atom stereocenters. The number of carbonyl (C=O) groups is 3. The number of fused-ring (bicyclic) bond motifs is 1. The Hall–Kier alpha value is -1.54. The van der Waals surface area contributed by atoms with E-state index in [1.807, 2.05) is 11.8 Å². The Morgan fingerprint density at radius 1 is 1.29 bits per heavy atom. The van der Waals surface area contributed by atoms with Crippen LogP contribution in [0.2, 0.25) is 0 Å². The van der Waals surface area contributed by atoms with E-state index < -0.39 is 32.9 Å². The van der Waals surface area contributed by atoms with Gasteiger partial charge in [-0.05, 0) is 58.8 Å². The number of amides is 2. The zero-order valence-electron chi connectivity index (χ0n) is 22.6. The van der Waals surface area contributed by atoms with Crippen molar-refractivity contribution < 1.29 is 24.2 Å². The Morgan fingerprint density at radius 3 is 2.49 bits per heavy atom. The van der Waals surface area contributed by atoms with Gasteiger partial charge in [0, 0.05) is 30.0 Å². The molecule has 8 heteroatoms. The van der Waals surface area contributed by atoms with Gasteiger partial charge in [0.25, 0.3) is 0 Å². The summed E-state index contributed by atoms with van der Waals surface area (Å²) in [5.74, 6) is -1.74. The fourth-order valence-corrected chi connectivity index (χ4v) is 9.42. The first-order valence-corrected chi connectivity index (χ1v) is 13.7. The Labute approximate surface area is 215 Å². The molecule has 0 saturated carbocycles. The van der Waals surface area contributed by atoms with Crippen LogP contribution in [0.3, 0.4) is 0 Å². The van der Waals surface area contributed by atoms with Crippen LogP contribution in [0.5, 0.6) is 0 Å². The van der Waals surface area contributed by atoms with Gasteiger partial charge in [0.05, 0.1) is 23.2 Å². The SMILES string of the molecule is C=CCN(C(=O)C1N(CCCO)C(=O)[C@@H]2[C@@H](C(=O)OCC)[C@@]3(C)CCC12S3)C(C)(C)CC(C)(C)C. The standard InChI is InChI=1S/C27H44N2O5S/c1-9-14-29(25(6,7)17-24(3,4)5)22(32)20-27-13-12-26(8,35-27)19(23(33)34-10-2)18(27)21(31)28(20)15-11-16-30/h9,18-20,30H,1,10-17H2,2-8H3/t18-,19-,20?,26+,27?/m0/s1. The predicted molar refractivity (Wildman–Crippen MR) is 139 cm³/mol. The molecule has 0 radical (unpaired) electrons. The van der Waals surface area contributed by atoms with Crippen LogP contribution < -0.4 is 0 Å². The van der Waals surface area contributed by atoms with Crippen molar-refractivity contribution in [2.24, 2.45) is 17.3 Å². The zero-order valence-corrected chi connectivity index (χ0v) is 23.4. The molecule has 0 aromatic rings. The average molecular weight is 509 g/mol. The average Bonchev–Trinajstić information content (AvgIpc) is 3.29. The number of hydrogen-bond acceptors (Lipinski definition) is 6. The van der Waals surface area contributed by atoms with E-state index in [1.165, 1.54) is 0 Å².